The molecule has 1 atom stereocenters. The lowest BCUT2D eigenvalue weighted by Crippen LogP contribution is -2.24. The minimum absolute atomic E-state index is 0.0373. The average molecular weight is 362 g/mol. The van der Waals surface area contributed by atoms with E-state index in [4.69, 9.17) is 9.47 Å². The molecule has 9 heteroatoms. The van der Waals surface area contributed by atoms with Crippen LogP contribution in [0.5, 0.6) is 5.75 Å². The van der Waals surface area contributed by atoms with Gasteiger partial charge in [0, 0.05) is 31.7 Å². The summed E-state index contributed by atoms with van der Waals surface area (Å²) in [7, 11) is 3.05. The van der Waals surface area contributed by atoms with Gasteiger partial charge in [0.1, 0.15) is 17.4 Å². The minimum atomic E-state index is -0.285. The third-order valence-electron chi connectivity index (χ3n) is 3.82. The second-order valence-corrected chi connectivity index (χ2v) is 6.54. The standard InChI is InChI=1S/C16H18N4O4S/c1-23-9-13(21)17-16-19-18-15(25-16)10-7-14(22)20(8-10)11-3-5-12(24-2)6-4-11/h3-6,10H,7-9H2,1-2H3,(H,17,19,21)/t10-/m1/s1. The maximum Gasteiger partial charge on any atom is 0.252 e. The molecule has 1 aliphatic rings. The number of methoxy groups -OCH3 is 2. The molecule has 1 saturated heterocycles. The summed E-state index contributed by atoms with van der Waals surface area (Å²) in [4.78, 5) is 25.6. The summed E-state index contributed by atoms with van der Waals surface area (Å²) < 4.78 is 9.90. The number of carbonyl (C=O) groups excluding carboxylic acids is 2. The van der Waals surface area contributed by atoms with Crippen molar-refractivity contribution in [3.8, 4) is 5.75 Å². The molecular formula is C16H18N4O4S. The molecule has 0 bridgehead atoms. The SMILES string of the molecule is COCC(=O)Nc1nnc([C@@H]2CC(=O)N(c3ccc(OC)cc3)C2)s1. The zero-order valence-electron chi connectivity index (χ0n) is 13.9. The molecule has 1 aliphatic heterocycles. The normalized spacial score (nSPS) is 17.0. The molecule has 132 valence electrons. The number of hydrogen-bond donors (Lipinski definition) is 1. The number of ether oxygens (including phenoxy) is 2. The van der Waals surface area contributed by atoms with Crippen LogP contribution in [0, 0.1) is 0 Å². The summed E-state index contributed by atoms with van der Waals surface area (Å²) >= 11 is 1.28. The highest BCUT2D eigenvalue weighted by Gasteiger charge is 2.34. The van der Waals surface area contributed by atoms with Crippen molar-refractivity contribution in [2.75, 3.05) is 37.6 Å². The summed E-state index contributed by atoms with van der Waals surface area (Å²) in [5.41, 5.74) is 0.825. The fourth-order valence-electron chi connectivity index (χ4n) is 2.62. The number of carbonyl (C=O) groups is 2. The van der Waals surface area contributed by atoms with E-state index in [-0.39, 0.29) is 24.3 Å². The molecule has 8 nitrogen and oxygen atoms in total. The Morgan fingerprint density at radius 2 is 2.08 bits per heavy atom. The maximum atomic E-state index is 12.3. The highest BCUT2D eigenvalue weighted by atomic mass is 32.1. The van der Waals surface area contributed by atoms with Gasteiger partial charge in [-0.05, 0) is 24.3 Å². The topological polar surface area (TPSA) is 93.7 Å². The van der Waals surface area contributed by atoms with Crippen LogP contribution in [0.25, 0.3) is 0 Å². The van der Waals surface area contributed by atoms with Gasteiger partial charge in [0.2, 0.25) is 11.0 Å². The summed E-state index contributed by atoms with van der Waals surface area (Å²) in [6.45, 7) is 0.494. The van der Waals surface area contributed by atoms with Gasteiger partial charge in [-0.25, -0.2) is 0 Å². The molecule has 0 unspecified atom stereocenters. The number of hydrogen-bond acceptors (Lipinski definition) is 7. The van der Waals surface area contributed by atoms with Crippen LogP contribution in [0.2, 0.25) is 0 Å². The van der Waals surface area contributed by atoms with Gasteiger partial charge in [0.05, 0.1) is 7.11 Å². The number of aromatic nitrogens is 2. The van der Waals surface area contributed by atoms with E-state index in [1.807, 2.05) is 24.3 Å². The van der Waals surface area contributed by atoms with Gasteiger partial charge in [-0.2, -0.15) is 0 Å². The lowest BCUT2D eigenvalue weighted by atomic mass is 10.1. The lowest BCUT2D eigenvalue weighted by Gasteiger charge is -2.16. The summed E-state index contributed by atoms with van der Waals surface area (Å²) in [6, 6.07) is 7.36. The molecule has 1 aromatic heterocycles. The predicted octanol–water partition coefficient (Wildman–Crippen LogP) is 1.65. The molecule has 3 rings (SSSR count). The lowest BCUT2D eigenvalue weighted by molar-refractivity contribution is -0.119. The van der Waals surface area contributed by atoms with E-state index < -0.39 is 0 Å². The van der Waals surface area contributed by atoms with Gasteiger partial charge >= 0.3 is 0 Å². The van der Waals surface area contributed by atoms with Gasteiger partial charge in [-0.3, -0.25) is 14.9 Å². The van der Waals surface area contributed by atoms with E-state index in [9.17, 15) is 9.59 Å². The predicted molar refractivity (Wildman–Crippen MR) is 93.1 cm³/mol. The quantitative estimate of drug-likeness (QED) is 0.840. The number of benzene rings is 1. The molecule has 0 radical (unpaired) electrons. The van der Waals surface area contributed by atoms with Gasteiger partial charge in [-0.15, -0.1) is 10.2 Å². The van der Waals surface area contributed by atoms with E-state index in [0.717, 1.165) is 16.4 Å². The van der Waals surface area contributed by atoms with Crippen molar-refractivity contribution in [1.29, 1.82) is 0 Å². The summed E-state index contributed by atoms with van der Waals surface area (Å²) in [6.07, 6.45) is 0.368. The Labute approximate surface area is 148 Å². The first-order chi connectivity index (χ1) is 12.1. The van der Waals surface area contributed by atoms with Crippen LogP contribution in [0.1, 0.15) is 17.3 Å². The first kappa shape index (κ1) is 17.3. The molecular weight excluding hydrogens is 344 g/mol. The maximum absolute atomic E-state index is 12.3. The highest BCUT2D eigenvalue weighted by molar-refractivity contribution is 7.15. The van der Waals surface area contributed by atoms with Crippen LogP contribution >= 0.6 is 11.3 Å². The zero-order valence-corrected chi connectivity index (χ0v) is 14.7. The third kappa shape index (κ3) is 3.94. The molecule has 2 amide bonds. The monoisotopic (exact) mass is 362 g/mol. The first-order valence-electron chi connectivity index (χ1n) is 7.67. The van der Waals surface area contributed by atoms with Crippen molar-refractivity contribution in [2.45, 2.75) is 12.3 Å². The van der Waals surface area contributed by atoms with Crippen molar-refractivity contribution in [3.05, 3.63) is 29.3 Å². The van der Waals surface area contributed by atoms with E-state index >= 15 is 0 Å². The smallest absolute Gasteiger partial charge is 0.252 e. The fourth-order valence-corrected chi connectivity index (χ4v) is 3.47. The van der Waals surface area contributed by atoms with Crippen molar-refractivity contribution >= 4 is 34.0 Å². The molecule has 0 aliphatic carbocycles. The Balaban J connectivity index is 1.67. The average Bonchev–Trinajstić information content (AvgIpc) is 3.22. The van der Waals surface area contributed by atoms with Gasteiger partial charge in [0.25, 0.3) is 5.91 Å². The fraction of sp³-hybridized carbons (Fsp3) is 0.375. The van der Waals surface area contributed by atoms with E-state index in [0.29, 0.717) is 18.1 Å². The van der Waals surface area contributed by atoms with E-state index in [1.54, 1.807) is 12.0 Å². The van der Waals surface area contributed by atoms with Crippen LogP contribution < -0.4 is 15.0 Å². The molecule has 1 N–H and O–H groups in total. The molecule has 1 fully saturated rings. The number of rotatable bonds is 6. The van der Waals surface area contributed by atoms with Crippen LogP contribution in [0.15, 0.2) is 24.3 Å². The Bertz CT molecular complexity index is 762. The van der Waals surface area contributed by atoms with E-state index in [1.165, 1.54) is 18.4 Å². The Morgan fingerprint density at radius 1 is 1.32 bits per heavy atom. The Morgan fingerprint density at radius 3 is 2.76 bits per heavy atom. The molecule has 2 heterocycles. The van der Waals surface area contributed by atoms with Crippen molar-refractivity contribution < 1.29 is 19.1 Å². The highest BCUT2D eigenvalue weighted by Crippen LogP contribution is 2.34. The van der Waals surface area contributed by atoms with Crippen molar-refractivity contribution in [1.82, 2.24) is 10.2 Å². The van der Waals surface area contributed by atoms with Gasteiger partial charge in [-0.1, -0.05) is 11.3 Å². The molecule has 2 aromatic rings. The summed E-state index contributed by atoms with van der Waals surface area (Å²) in [5, 5.41) is 11.8. The third-order valence-corrected chi connectivity index (χ3v) is 4.82. The van der Waals surface area contributed by atoms with E-state index in [2.05, 4.69) is 15.5 Å². The zero-order chi connectivity index (χ0) is 17.8. The number of anilines is 2. The largest absolute Gasteiger partial charge is 0.497 e. The number of nitrogens with one attached hydrogen (secondary N) is 1. The van der Waals surface area contributed by atoms with Crippen LogP contribution in [0.3, 0.4) is 0 Å². The first-order valence-corrected chi connectivity index (χ1v) is 8.49. The molecule has 0 spiro atoms. The summed E-state index contributed by atoms with van der Waals surface area (Å²) in [5.74, 6) is 0.454. The second-order valence-electron chi connectivity index (χ2n) is 5.53. The molecule has 25 heavy (non-hydrogen) atoms. The van der Waals surface area contributed by atoms with Crippen LogP contribution in [0.4, 0.5) is 10.8 Å². The van der Waals surface area contributed by atoms with Crippen LogP contribution in [-0.2, 0) is 14.3 Å². The van der Waals surface area contributed by atoms with Crippen molar-refractivity contribution in [3.63, 3.8) is 0 Å². The Kier molecular flexibility index (Phi) is 5.25. The molecule has 0 saturated carbocycles. The molecule has 1 aromatic carbocycles. The number of amides is 2. The van der Waals surface area contributed by atoms with Crippen molar-refractivity contribution in [2.24, 2.45) is 0 Å². The van der Waals surface area contributed by atoms with Gasteiger partial charge < -0.3 is 14.4 Å². The van der Waals surface area contributed by atoms with Gasteiger partial charge in [0.15, 0.2) is 0 Å². The Hall–Kier alpha value is -2.52. The minimum Gasteiger partial charge on any atom is -0.497 e. The second kappa shape index (κ2) is 7.58. The number of nitrogens with zero attached hydrogens (tertiary/aromatic N) is 3. The van der Waals surface area contributed by atoms with Crippen LogP contribution in [-0.4, -0.2) is 49.4 Å².